The van der Waals surface area contributed by atoms with Crippen molar-refractivity contribution < 1.29 is 8.42 Å². The Morgan fingerprint density at radius 1 is 0.808 bits per heavy atom. The Kier molecular flexibility index (Phi) is 5.48. The summed E-state index contributed by atoms with van der Waals surface area (Å²) in [5.74, 6) is 0.749. The van der Waals surface area contributed by atoms with E-state index in [2.05, 4.69) is 20.2 Å². The second kappa shape index (κ2) is 7.97. The second-order valence-corrected chi connectivity index (χ2v) is 7.43. The van der Waals surface area contributed by atoms with Crippen LogP contribution in [0.2, 0.25) is 0 Å². The summed E-state index contributed by atoms with van der Waals surface area (Å²) in [7, 11) is -3.68. The van der Waals surface area contributed by atoms with Gasteiger partial charge in [-0.05, 0) is 41.8 Å². The largest absolute Gasteiger partial charge is 0.365 e. The number of aryl methyl sites for hydroxylation is 1. The summed E-state index contributed by atoms with van der Waals surface area (Å²) in [5.41, 5.74) is 2.20. The summed E-state index contributed by atoms with van der Waals surface area (Å²) in [6, 6.07) is 20.0. The van der Waals surface area contributed by atoms with Gasteiger partial charge in [0.15, 0.2) is 5.82 Å². The average Bonchev–Trinajstić information content (AvgIpc) is 2.68. The first kappa shape index (κ1) is 17.9. The summed E-state index contributed by atoms with van der Waals surface area (Å²) in [6.07, 6.45) is 0.858. The maximum atomic E-state index is 12.4. The van der Waals surface area contributed by atoms with Crippen LogP contribution in [0.5, 0.6) is 0 Å². The SMILES string of the molecule is CCc1ccc(S(=O)(=O)Nc2ccc(NCc3ccccc3)nn2)cc1. The van der Waals surface area contributed by atoms with Crippen LogP contribution in [0.3, 0.4) is 0 Å². The van der Waals surface area contributed by atoms with Crippen LogP contribution in [-0.4, -0.2) is 18.6 Å². The second-order valence-electron chi connectivity index (χ2n) is 5.75. The van der Waals surface area contributed by atoms with Gasteiger partial charge >= 0.3 is 0 Å². The van der Waals surface area contributed by atoms with Crippen LogP contribution in [0.25, 0.3) is 0 Å². The molecule has 26 heavy (non-hydrogen) atoms. The van der Waals surface area contributed by atoms with Crippen molar-refractivity contribution in [1.29, 1.82) is 0 Å². The van der Waals surface area contributed by atoms with Crippen LogP contribution in [0.4, 0.5) is 11.6 Å². The van der Waals surface area contributed by atoms with Gasteiger partial charge in [0.2, 0.25) is 0 Å². The molecule has 0 fully saturated rings. The Morgan fingerprint density at radius 3 is 2.08 bits per heavy atom. The van der Waals surface area contributed by atoms with E-state index in [9.17, 15) is 8.42 Å². The summed E-state index contributed by atoms with van der Waals surface area (Å²) >= 11 is 0. The minimum atomic E-state index is -3.68. The van der Waals surface area contributed by atoms with Crippen molar-refractivity contribution in [2.75, 3.05) is 10.0 Å². The van der Waals surface area contributed by atoms with Gasteiger partial charge in [0.1, 0.15) is 5.82 Å². The third kappa shape index (κ3) is 4.58. The van der Waals surface area contributed by atoms with Crippen LogP contribution in [0.15, 0.2) is 71.6 Å². The van der Waals surface area contributed by atoms with Crippen LogP contribution in [0, 0.1) is 0 Å². The Balaban J connectivity index is 1.64. The Hall–Kier alpha value is -2.93. The quantitative estimate of drug-likeness (QED) is 0.667. The summed E-state index contributed by atoms with van der Waals surface area (Å²) < 4.78 is 27.2. The van der Waals surface area contributed by atoms with Gasteiger partial charge in [0.25, 0.3) is 10.0 Å². The van der Waals surface area contributed by atoms with E-state index in [1.807, 2.05) is 37.3 Å². The molecule has 0 aliphatic carbocycles. The number of hydrogen-bond acceptors (Lipinski definition) is 5. The summed E-state index contributed by atoms with van der Waals surface area (Å²) in [5, 5.41) is 11.1. The number of rotatable bonds is 7. The minimum absolute atomic E-state index is 0.176. The highest BCUT2D eigenvalue weighted by molar-refractivity contribution is 7.92. The molecule has 3 rings (SSSR count). The van der Waals surface area contributed by atoms with Gasteiger partial charge < -0.3 is 5.32 Å². The molecule has 3 aromatic rings. The molecule has 2 N–H and O–H groups in total. The smallest absolute Gasteiger partial charge is 0.263 e. The number of anilines is 2. The van der Waals surface area contributed by atoms with Crippen molar-refractivity contribution in [2.45, 2.75) is 24.8 Å². The zero-order valence-electron chi connectivity index (χ0n) is 14.4. The average molecular weight is 368 g/mol. The molecule has 0 spiro atoms. The number of nitrogens with one attached hydrogen (secondary N) is 2. The zero-order chi connectivity index (χ0) is 18.4. The van der Waals surface area contributed by atoms with Gasteiger partial charge in [-0.1, -0.05) is 49.4 Å². The highest BCUT2D eigenvalue weighted by Crippen LogP contribution is 2.16. The molecular weight excluding hydrogens is 348 g/mol. The van der Waals surface area contributed by atoms with Crippen LogP contribution in [-0.2, 0) is 23.0 Å². The van der Waals surface area contributed by atoms with E-state index >= 15 is 0 Å². The normalized spacial score (nSPS) is 11.1. The van der Waals surface area contributed by atoms with E-state index < -0.39 is 10.0 Å². The fourth-order valence-electron chi connectivity index (χ4n) is 2.37. The Bertz CT molecular complexity index is 941. The van der Waals surface area contributed by atoms with Crippen molar-refractivity contribution in [3.8, 4) is 0 Å². The topological polar surface area (TPSA) is 84.0 Å². The van der Waals surface area contributed by atoms with Crippen molar-refractivity contribution in [1.82, 2.24) is 10.2 Å². The number of sulfonamides is 1. The molecule has 0 radical (unpaired) electrons. The first-order valence-corrected chi connectivity index (χ1v) is 9.78. The molecule has 0 aliphatic rings. The molecule has 2 aromatic carbocycles. The molecular formula is C19H20N4O2S. The van der Waals surface area contributed by atoms with Gasteiger partial charge in [-0.2, -0.15) is 0 Å². The fourth-order valence-corrected chi connectivity index (χ4v) is 3.37. The molecule has 6 nitrogen and oxygen atoms in total. The van der Waals surface area contributed by atoms with Gasteiger partial charge in [-0.3, -0.25) is 4.72 Å². The maximum absolute atomic E-state index is 12.4. The predicted molar refractivity (Wildman–Crippen MR) is 102 cm³/mol. The predicted octanol–water partition coefficient (Wildman–Crippen LogP) is 3.45. The summed E-state index contributed by atoms with van der Waals surface area (Å²) in [6.45, 7) is 2.63. The fraction of sp³-hybridized carbons (Fsp3) is 0.158. The molecule has 7 heteroatoms. The highest BCUT2D eigenvalue weighted by atomic mass is 32.2. The molecule has 1 aromatic heterocycles. The van der Waals surface area contributed by atoms with E-state index in [4.69, 9.17) is 0 Å². The van der Waals surface area contributed by atoms with Crippen LogP contribution >= 0.6 is 0 Å². The molecule has 0 amide bonds. The van der Waals surface area contributed by atoms with E-state index in [0.29, 0.717) is 12.4 Å². The number of hydrogen-bond donors (Lipinski definition) is 2. The molecule has 0 unspecified atom stereocenters. The molecule has 0 saturated carbocycles. The first-order chi connectivity index (χ1) is 12.6. The first-order valence-electron chi connectivity index (χ1n) is 8.30. The van der Waals surface area contributed by atoms with E-state index in [1.54, 1.807) is 36.4 Å². The lowest BCUT2D eigenvalue weighted by Gasteiger charge is -2.09. The molecule has 0 saturated heterocycles. The zero-order valence-corrected chi connectivity index (χ0v) is 15.2. The maximum Gasteiger partial charge on any atom is 0.263 e. The van der Waals surface area contributed by atoms with Crippen LogP contribution < -0.4 is 10.0 Å². The van der Waals surface area contributed by atoms with Gasteiger partial charge in [-0.25, -0.2) is 8.42 Å². The van der Waals surface area contributed by atoms with Gasteiger partial charge in [0, 0.05) is 6.54 Å². The minimum Gasteiger partial charge on any atom is -0.365 e. The Morgan fingerprint density at radius 2 is 1.46 bits per heavy atom. The van der Waals surface area contributed by atoms with E-state index in [-0.39, 0.29) is 10.7 Å². The van der Waals surface area contributed by atoms with Crippen molar-refractivity contribution in [2.24, 2.45) is 0 Å². The van der Waals surface area contributed by atoms with Gasteiger partial charge in [-0.15, -0.1) is 10.2 Å². The number of aromatic nitrogens is 2. The van der Waals surface area contributed by atoms with Gasteiger partial charge in [0.05, 0.1) is 4.90 Å². The van der Waals surface area contributed by atoms with Crippen LogP contribution in [0.1, 0.15) is 18.1 Å². The Labute approximate surface area is 153 Å². The highest BCUT2D eigenvalue weighted by Gasteiger charge is 2.14. The number of nitrogens with zero attached hydrogens (tertiary/aromatic N) is 2. The monoisotopic (exact) mass is 368 g/mol. The molecule has 0 atom stereocenters. The van der Waals surface area contributed by atoms with E-state index in [1.165, 1.54) is 0 Å². The summed E-state index contributed by atoms with van der Waals surface area (Å²) in [4.78, 5) is 0.197. The third-order valence-corrected chi connectivity index (χ3v) is 5.23. The van der Waals surface area contributed by atoms with Crippen molar-refractivity contribution in [3.05, 3.63) is 77.9 Å². The van der Waals surface area contributed by atoms with Crippen molar-refractivity contribution >= 4 is 21.7 Å². The third-order valence-electron chi connectivity index (χ3n) is 3.86. The number of benzene rings is 2. The molecule has 1 heterocycles. The lowest BCUT2D eigenvalue weighted by atomic mass is 10.2. The molecule has 0 bridgehead atoms. The van der Waals surface area contributed by atoms with E-state index in [0.717, 1.165) is 17.5 Å². The molecule has 134 valence electrons. The lowest BCUT2D eigenvalue weighted by Crippen LogP contribution is -2.14. The lowest BCUT2D eigenvalue weighted by molar-refractivity contribution is 0.601. The van der Waals surface area contributed by atoms with Crippen molar-refractivity contribution in [3.63, 3.8) is 0 Å². The molecule has 0 aliphatic heterocycles. The standard InChI is InChI=1S/C19H20N4O2S/c1-2-15-8-10-17(11-9-15)26(24,25)23-19-13-12-18(21-22-19)20-14-16-6-4-3-5-7-16/h3-13H,2,14H2,1H3,(H,20,21)(H,22,23).